The van der Waals surface area contributed by atoms with E-state index < -0.39 is 0 Å². The molecule has 5 nitrogen and oxygen atoms in total. The van der Waals surface area contributed by atoms with Crippen LogP contribution in [0.25, 0.3) is 0 Å². The molecule has 1 aliphatic heterocycles. The van der Waals surface area contributed by atoms with Gasteiger partial charge in [-0.15, -0.1) is 24.0 Å². The second-order valence-electron chi connectivity index (χ2n) is 5.33. The highest BCUT2D eigenvalue weighted by molar-refractivity contribution is 14.0. The molecular weight excluding hydrogens is 379 g/mol. The van der Waals surface area contributed by atoms with Gasteiger partial charge in [0, 0.05) is 45.1 Å². The second-order valence-corrected chi connectivity index (χ2v) is 5.33. The van der Waals surface area contributed by atoms with E-state index in [2.05, 4.69) is 27.5 Å². The van der Waals surface area contributed by atoms with E-state index in [1.165, 1.54) is 0 Å². The highest BCUT2D eigenvalue weighted by atomic mass is 127. The monoisotopic (exact) mass is 404 g/mol. The van der Waals surface area contributed by atoms with Gasteiger partial charge in [0.25, 0.3) is 0 Å². The molecule has 2 rings (SSSR count). The fourth-order valence-corrected chi connectivity index (χ4v) is 2.32. The number of aromatic nitrogens is 1. The zero-order valence-corrected chi connectivity index (χ0v) is 15.1. The van der Waals surface area contributed by atoms with Crippen molar-refractivity contribution >= 4 is 29.9 Å². The van der Waals surface area contributed by atoms with Crippen LogP contribution in [0.15, 0.2) is 29.4 Å². The first-order valence-electron chi connectivity index (χ1n) is 7.20. The first-order chi connectivity index (χ1) is 9.72. The minimum Gasteiger partial charge on any atom is -0.373 e. The van der Waals surface area contributed by atoms with E-state index in [4.69, 9.17) is 4.74 Å². The van der Waals surface area contributed by atoms with Gasteiger partial charge >= 0.3 is 0 Å². The standard InChI is InChI=1S/C15H24N4O.HI/c1-15(8-5-11-20-15)12-19-14(16-2)18-10-7-13-6-3-4-9-17-13;/h3-4,6,9H,5,7-8,10-12H2,1-2H3,(H2,16,18,19);1H. The predicted molar refractivity (Wildman–Crippen MR) is 96.3 cm³/mol. The van der Waals surface area contributed by atoms with Crippen molar-refractivity contribution in [2.24, 2.45) is 4.99 Å². The Hall–Kier alpha value is -0.890. The van der Waals surface area contributed by atoms with Crippen LogP contribution in [-0.2, 0) is 11.2 Å². The summed E-state index contributed by atoms with van der Waals surface area (Å²) in [5, 5.41) is 6.63. The summed E-state index contributed by atoms with van der Waals surface area (Å²) in [6.07, 6.45) is 4.95. The summed E-state index contributed by atoms with van der Waals surface area (Å²) in [5.41, 5.74) is 1.03. The quantitative estimate of drug-likeness (QED) is 0.448. The molecule has 0 aromatic carbocycles. The van der Waals surface area contributed by atoms with Gasteiger partial charge < -0.3 is 15.4 Å². The lowest BCUT2D eigenvalue weighted by molar-refractivity contribution is 0.0243. The third kappa shape index (κ3) is 6.17. The minimum atomic E-state index is -0.0569. The van der Waals surface area contributed by atoms with Gasteiger partial charge in [0.2, 0.25) is 0 Å². The van der Waals surface area contributed by atoms with Gasteiger partial charge in [0.05, 0.1) is 5.60 Å². The van der Waals surface area contributed by atoms with Gasteiger partial charge in [-0.25, -0.2) is 0 Å². The van der Waals surface area contributed by atoms with Crippen molar-refractivity contribution in [1.82, 2.24) is 15.6 Å². The van der Waals surface area contributed by atoms with Crippen molar-refractivity contribution in [3.05, 3.63) is 30.1 Å². The lowest BCUT2D eigenvalue weighted by Gasteiger charge is -2.24. The van der Waals surface area contributed by atoms with Crippen molar-refractivity contribution in [1.29, 1.82) is 0 Å². The van der Waals surface area contributed by atoms with Gasteiger partial charge in [-0.2, -0.15) is 0 Å². The molecule has 21 heavy (non-hydrogen) atoms. The van der Waals surface area contributed by atoms with Gasteiger partial charge in [-0.3, -0.25) is 9.98 Å². The van der Waals surface area contributed by atoms with Crippen molar-refractivity contribution in [3.63, 3.8) is 0 Å². The van der Waals surface area contributed by atoms with Crippen molar-refractivity contribution in [2.75, 3.05) is 26.7 Å². The predicted octanol–water partition coefficient (Wildman–Crippen LogP) is 1.98. The maximum Gasteiger partial charge on any atom is 0.191 e. The molecule has 1 fully saturated rings. The summed E-state index contributed by atoms with van der Waals surface area (Å²) < 4.78 is 5.75. The molecule has 1 saturated heterocycles. The number of ether oxygens (including phenoxy) is 1. The molecule has 6 heteroatoms. The number of aliphatic imine (C=N–C) groups is 1. The van der Waals surface area contributed by atoms with Crippen LogP contribution in [-0.4, -0.2) is 43.3 Å². The van der Waals surface area contributed by atoms with Crippen LogP contribution in [0.1, 0.15) is 25.5 Å². The van der Waals surface area contributed by atoms with E-state index in [0.29, 0.717) is 0 Å². The van der Waals surface area contributed by atoms with Crippen LogP contribution in [0.5, 0.6) is 0 Å². The van der Waals surface area contributed by atoms with E-state index in [-0.39, 0.29) is 29.6 Å². The minimum absolute atomic E-state index is 0. The Morgan fingerprint density at radius 3 is 2.90 bits per heavy atom. The lowest BCUT2D eigenvalue weighted by atomic mass is 10.0. The highest BCUT2D eigenvalue weighted by Gasteiger charge is 2.29. The summed E-state index contributed by atoms with van der Waals surface area (Å²) in [5.74, 6) is 0.817. The largest absolute Gasteiger partial charge is 0.373 e. The van der Waals surface area contributed by atoms with Crippen LogP contribution in [0.2, 0.25) is 0 Å². The molecule has 0 radical (unpaired) electrons. The fraction of sp³-hybridized carbons (Fsp3) is 0.600. The SMILES string of the molecule is CN=C(NCCc1ccccn1)NCC1(C)CCCO1.I. The zero-order valence-electron chi connectivity index (χ0n) is 12.8. The normalized spacial score (nSPS) is 21.7. The Kier molecular flexibility index (Phi) is 7.95. The molecule has 0 amide bonds. The van der Waals surface area contributed by atoms with E-state index >= 15 is 0 Å². The maximum atomic E-state index is 5.75. The number of hydrogen-bond acceptors (Lipinski definition) is 3. The molecule has 2 heterocycles. The molecule has 118 valence electrons. The number of nitrogens with one attached hydrogen (secondary N) is 2. The molecule has 2 N–H and O–H groups in total. The van der Waals surface area contributed by atoms with Gasteiger partial charge in [0.1, 0.15) is 0 Å². The van der Waals surface area contributed by atoms with Crippen LogP contribution in [0.4, 0.5) is 0 Å². The highest BCUT2D eigenvalue weighted by Crippen LogP contribution is 2.23. The van der Waals surface area contributed by atoms with Crippen molar-refractivity contribution in [3.8, 4) is 0 Å². The molecule has 0 spiro atoms. The molecule has 0 bridgehead atoms. The maximum absolute atomic E-state index is 5.75. The number of nitrogens with zero attached hydrogens (tertiary/aromatic N) is 2. The Bertz CT molecular complexity index is 433. The van der Waals surface area contributed by atoms with Crippen LogP contribution < -0.4 is 10.6 Å². The topological polar surface area (TPSA) is 58.5 Å². The Labute approximate surface area is 144 Å². The summed E-state index contributed by atoms with van der Waals surface area (Å²) >= 11 is 0. The summed E-state index contributed by atoms with van der Waals surface area (Å²) in [4.78, 5) is 8.53. The van der Waals surface area contributed by atoms with Crippen LogP contribution in [0, 0.1) is 0 Å². The number of hydrogen-bond donors (Lipinski definition) is 2. The molecular formula is C15H25IN4O. The number of rotatable bonds is 5. The molecule has 1 atom stereocenters. The van der Waals surface area contributed by atoms with Crippen molar-refractivity contribution in [2.45, 2.75) is 31.8 Å². The van der Waals surface area contributed by atoms with Gasteiger partial charge in [0.15, 0.2) is 5.96 Å². The Morgan fingerprint density at radius 2 is 2.29 bits per heavy atom. The summed E-state index contributed by atoms with van der Waals surface area (Å²) in [6, 6.07) is 5.97. The second kappa shape index (κ2) is 9.19. The number of pyridine rings is 1. The van der Waals surface area contributed by atoms with Gasteiger partial charge in [-0.1, -0.05) is 6.07 Å². The molecule has 0 saturated carbocycles. The molecule has 1 aliphatic rings. The smallest absolute Gasteiger partial charge is 0.191 e. The molecule has 1 aromatic rings. The van der Waals surface area contributed by atoms with Crippen LogP contribution >= 0.6 is 24.0 Å². The average Bonchev–Trinajstić information content (AvgIpc) is 2.91. The molecule has 1 aromatic heterocycles. The Balaban J connectivity index is 0.00000220. The number of guanidine groups is 1. The van der Waals surface area contributed by atoms with Crippen LogP contribution in [0.3, 0.4) is 0 Å². The summed E-state index contributed by atoms with van der Waals surface area (Å²) in [7, 11) is 1.79. The third-order valence-corrected chi connectivity index (χ3v) is 3.55. The third-order valence-electron chi connectivity index (χ3n) is 3.55. The van der Waals surface area contributed by atoms with Crippen molar-refractivity contribution < 1.29 is 4.74 Å². The van der Waals surface area contributed by atoms with Gasteiger partial charge in [-0.05, 0) is 31.9 Å². The zero-order chi connectivity index (χ0) is 14.3. The lowest BCUT2D eigenvalue weighted by Crippen LogP contribution is -2.45. The van der Waals surface area contributed by atoms with E-state index in [1.807, 2.05) is 24.4 Å². The number of halogens is 1. The van der Waals surface area contributed by atoms with E-state index in [0.717, 1.165) is 50.6 Å². The van der Waals surface area contributed by atoms with E-state index in [1.54, 1.807) is 7.05 Å². The molecule has 1 unspecified atom stereocenters. The molecule has 0 aliphatic carbocycles. The van der Waals surface area contributed by atoms with E-state index in [9.17, 15) is 0 Å². The summed E-state index contributed by atoms with van der Waals surface area (Å²) in [6.45, 7) is 4.61. The average molecular weight is 404 g/mol. The first kappa shape index (κ1) is 18.2. The Morgan fingerprint density at radius 1 is 1.43 bits per heavy atom. The fourth-order valence-electron chi connectivity index (χ4n) is 2.32. The first-order valence-corrected chi connectivity index (χ1v) is 7.20.